The Labute approximate surface area is 178 Å². The first-order valence-electron chi connectivity index (χ1n) is 9.24. The van der Waals surface area contributed by atoms with Gasteiger partial charge in [-0.2, -0.15) is 4.98 Å². The second kappa shape index (κ2) is 8.94. The van der Waals surface area contributed by atoms with Crippen molar-refractivity contribution >= 4 is 29.3 Å². The van der Waals surface area contributed by atoms with Gasteiger partial charge in [0.05, 0.1) is 10.8 Å². The van der Waals surface area contributed by atoms with Gasteiger partial charge < -0.3 is 14.3 Å². The summed E-state index contributed by atoms with van der Waals surface area (Å²) in [4.78, 5) is 26.3. The molecule has 1 saturated heterocycles. The molecule has 4 rings (SSSR count). The zero-order valence-corrected chi connectivity index (χ0v) is 17.5. The molecule has 1 fully saturated rings. The number of likely N-dealkylation sites (N-methyl/N-ethyl adjacent to an activating group) is 1. The van der Waals surface area contributed by atoms with Crippen LogP contribution in [0, 0.1) is 0 Å². The molecule has 3 aromatic rings. The first-order valence-corrected chi connectivity index (χ1v) is 10.6. The number of amides is 1. The topological polar surface area (TPSA) is 75.4 Å². The Balaban J connectivity index is 1.39. The number of benzene rings is 1. The first kappa shape index (κ1) is 19.9. The molecule has 3 heterocycles. The zero-order valence-electron chi connectivity index (χ0n) is 15.9. The van der Waals surface area contributed by atoms with E-state index in [9.17, 15) is 4.79 Å². The third kappa shape index (κ3) is 4.77. The van der Waals surface area contributed by atoms with Crippen LogP contribution in [0.3, 0.4) is 0 Å². The normalized spacial score (nSPS) is 14.9. The van der Waals surface area contributed by atoms with E-state index in [-0.39, 0.29) is 5.91 Å². The molecule has 0 unspecified atom stereocenters. The Morgan fingerprint density at radius 1 is 1.17 bits per heavy atom. The summed E-state index contributed by atoms with van der Waals surface area (Å²) in [5.41, 5.74) is 1.13. The highest BCUT2D eigenvalue weighted by Crippen LogP contribution is 2.29. The smallest absolute Gasteiger partial charge is 0.272 e. The van der Waals surface area contributed by atoms with Gasteiger partial charge in [0, 0.05) is 42.8 Å². The monoisotopic (exact) mass is 429 g/mol. The van der Waals surface area contributed by atoms with Crippen LogP contribution in [-0.4, -0.2) is 64.1 Å². The lowest BCUT2D eigenvalue weighted by atomic mass is 10.2. The number of piperazine rings is 1. The van der Waals surface area contributed by atoms with E-state index in [0.29, 0.717) is 33.7 Å². The number of aromatic nitrogens is 3. The summed E-state index contributed by atoms with van der Waals surface area (Å²) in [6.07, 6.45) is 1.61. The molecule has 0 radical (unpaired) electrons. The Morgan fingerprint density at radius 2 is 1.97 bits per heavy atom. The summed E-state index contributed by atoms with van der Waals surface area (Å²) < 4.78 is 5.33. The van der Waals surface area contributed by atoms with Gasteiger partial charge in [-0.15, -0.1) is 11.8 Å². The number of rotatable bonds is 5. The highest BCUT2D eigenvalue weighted by Gasteiger charge is 2.21. The van der Waals surface area contributed by atoms with Gasteiger partial charge in [0.15, 0.2) is 0 Å². The van der Waals surface area contributed by atoms with Gasteiger partial charge in [0.25, 0.3) is 5.91 Å². The highest BCUT2D eigenvalue weighted by atomic mass is 35.5. The summed E-state index contributed by atoms with van der Waals surface area (Å²) in [5.74, 6) is 1.42. The van der Waals surface area contributed by atoms with Crippen molar-refractivity contribution in [3.63, 3.8) is 0 Å². The molecular weight excluding hydrogens is 410 g/mol. The number of carbonyl (C=O) groups excluding carboxylic acids is 1. The van der Waals surface area contributed by atoms with Crippen molar-refractivity contribution in [1.29, 1.82) is 0 Å². The Bertz CT molecular complexity index is 987. The molecule has 1 amide bonds. The molecule has 29 heavy (non-hydrogen) atoms. The van der Waals surface area contributed by atoms with Gasteiger partial charge in [-0.1, -0.05) is 28.9 Å². The molecule has 0 N–H and O–H groups in total. The molecule has 9 heteroatoms. The molecule has 150 valence electrons. The Kier molecular flexibility index (Phi) is 6.13. The van der Waals surface area contributed by atoms with E-state index < -0.39 is 0 Å². The predicted octanol–water partition coefficient (Wildman–Crippen LogP) is 3.46. The van der Waals surface area contributed by atoms with Gasteiger partial charge in [0.2, 0.25) is 11.7 Å². The molecule has 1 aromatic carbocycles. The molecule has 0 spiro atoms. The minimum Gasteiger partial charge on any atom is -0.338 e. The van der Waals surface area contributed by atoms with Crippen molar-refractivity contribution in [2.75, 3.05) is 33.2 Å². The van der Waals surface area contributed by atoms with Gasteiger partial charge in [-0.3, -0.25) is 9.78 Å². The van der Waals surface area contributed by atoms with Crippen LogP contribution < -0.4 is 0 Å². The summed E-state index contributed by atoms with van der Waals surface area (Å²) in [6.45, 7) is 3.19. The van der Waals surface area contributed by atoms with E-state index in [1.165, 1.54) is 11.8 Å². The van der Waals surface area contributed by atoms with Crippen molar-refractivity contribution < 1.29 is 9.32 Å². The van der Waals surface area contributed by atoms with Crippen molar-refractivity contribution in [3.05, 3.63) is 59.2 Å². The first-order chi connectivity index (χ1) is 14.1. The fraction of sp³-hybridized carbons (Fsp3) is 0.300. The van der Waals surface area contributed by atoms with Gasteiger partial charge in [0.1, 0.15) is 5.69 Å². The lowest BCUT2D eigenvalue weighted by Crippen LogP contribution is -2.47. The van der Waals surface area contributed by atoms with Gasteiger partial charge in [-0.25, -0.2) is 0 Å². The summed E-state index contributed by atoms with van der Waals surface area (Å²) >= 11 is 7.70. The SMILES string of the molecule is CN1CCN(C(=O)c2ccc(-c3noc(CSc4ccccc4Cl)n3)cn2)CC1. The number of hydrogen-bond donors (Lipinski definition) is 0. The molecule has 0 bridgehead atoms. The third-order valence-corrected chi connectivity index (χ3v) is 6.19. The summed E-state index contributed by atoms with van der Waals surface area (Å²) in [6, 6.07) is 11.1. The Hall–Kier alpha value is -2.42. The number of halogens is 1. The van der Waals surface area contributed by atoms with Crippen LogP contribution in [0.15, 0.2) is 52.0 Å². The Morgan fingerprint density at radius 3 is 2.69 bits per heavy atom. The van der Waals surface area contributed by atoms with Crippen LogP contribution >= 0.6 is 23.4 Å². The van der Waals surface area contributed by atoms with Crippen LogP contribution in [0.2, 0.25) is 5.02 Å². The second-order valence-corrected chi connectivity index (χ2v) is 8.18. The lowest BCUT2D eigenvalue weighted by molar-refractivity contribution is 0.0658. The quantitative estimate of drug-likeness (QED) is 0.575. The maximum Gasteiger partial charge on any atom is 0.272 e. The molecular formula is C20H20ClN5O2S. The van der Waals surface area contributed by atoms with E-state index in [1.807, 2.05) is 29.2 Å². The van der Waals surface area contributed by atoms with Crippen LogP contribution in [-0.2, 0) is 5.75 Å². The highest BCUT2D eigenvalue weighted by molar-refractivity contribution is 7.98. The van der Waals surface area contributed by atoms with E-state index in [2.05, 4.69) is 27.1 Å². The average Bonchev–Trinajstić information content (AvgIpc) is 3.22. The van der Waals surface area contributed by atoms with Crippen LogP contribution in [0.1, 0.15) is 16.4 Å². The van der Waals surface area contributed by atoms with Crippen LogP contribution in [0.25, 0.3) is 11.4 Å². The molecule has 0 atom stereocenters. The van der Waals surface area contributed by atoms with E-state index in [4.69, 9.17) is 16.1 Å². The summed E-state index contributed by atoms with van der Waals surface area (Å²) in [7, 11) is 2.06. The maximum atomic E-state index is 12.6. The minimum atomic E-state index is -0.0467. The van der Waals surface area contributed by atoms with Crippen molar-refractivity contribution in [1.82, 2.24) is 24.9 Å². The van der Waals surface area contributed by atoms with Crippen LogP contribution in [0.4, 0.5) is 0 Å². The van der Waals surface area contributed by atoms with Crippen molar-refractivity contribution in [3.8, 4) is 11.4 Å². The van der Waals surface area contributed by atoms with Crippen molar-refractivity contribution in [2.45, 2.75) is 10.6 Å². The van der Waals surface area contributed by atoms with E-state index >= 15 is 0 Å². The average molecular weight is 430 g/mol. The molecule has 0 aliphatic carbocycles. The number of thioether (sulfide) groups is 1. The minimum absolute atomic E-state index is 0.0467. The lowest BCUT2D eigenvalue weighted by Gasteiger charge is -2.32. The zero-order chi connectivity index (χ0) is 20.2. The van der Waals surface area contributed by atoms with Gasteiger partial charge >= 0.3 is 0 Å². The number of pyridine rings is 1. The molecule has 1 aliphatic heterocycles. The fourth-order valence-corrected chi connectivity index (χ4v) is 4.03. The maximum absolute atomic E-state index is 12.6. The van der Waals surface area contributed by atoms with Crippen LogP contribution in [0.5, 0.6) is 0 Å². The standard InChI is InChI=1S/C20H20ClN5O2S/c1-25-8-10-26(11-9-25)20(27)16-7-6-14(12-22-16)19-23-18(28-24-19)13-29-17-5-3-2-4-15(17)21/h2-7,12H,8-11,13H2,1H3. The fourth-order valence-electron chi connectivity index (χ4n) is 2.96. The molecule has 7 nitrogen and oxygen atoms in total. The molecule has 0 saturated carbocycles. The van der Waals surface area contributed by atoms with Crippen molar-refractivity contribution in [2.24, 2.45) is 0 Å². The third-order valence-electron chi connectivity index (χ3n) is 4.69. The number of hydrogen-bond acceptors (Lipinski definition) is 7. The molecule has 2 aromatic heterocycles. The molecule has 1 aliphatic rings. The number of nitrogens with zero attached hydrogens (tertiary/aromatic N) is 5. The summed E-state index contributed by atoms with van der Waals surface area (Å²) in [5, 5.41) is 4.72. The predicted molar refractivity (Wildman–Crippen MR) is 112 cm³/mol. The number of carbonyl (C=O) groups is 1. The second-order valence-electron chi connectivity index (χ2n) is 6.76. The van der Waals surface area contributed by atoms with Gasteiger partial charge in [-0.05, 0) is 31.3 Å². The van der Waals surface area contributed by atoms with E-state index in [1.54, 1.807) is 18.3 Å². The largest absolute Gasteiger partial charge is 0.338 e. The van der Waals surface area contributed by atoms with E-state index in [0.717, 1.165) is 31.1 Å².